The molecule has 0 aromatic heterocycles. The third-order valence-corrected chi connectivity index (χ3v) is 4.61. The highest BCUT2D eigenvalue weighted by atomic mass is 35.5. The van der Waals surface area contributed by atoms with Gasteiger partial charge in [-0.15, -0.1) is 0 Å². The van der Waals surface area contributed by atoms with Crippen LogP contribution in [0.3, 0.4) is 0 Å². The number of nitrogens with one attached hydrogen (secondary N) is 3. The topological polar surface area (TPSA) is 87.3 Å². The molecule has 2 aromatic rings. The number of para-hydroxylation sites is 1. The van der Waals surface area contributed by atoms with Crippen LogP contribution in [0, 0.1) is 0 Å². The number of hydrogen-bond acceptors (Lipinski definition) is 3. The maximum atomic E-state index is 12.3. The fourth-order valence-corrected chi connectivity index (χ4v) is 3.00. The molecule has 1 atom stereocenters. The molecule has 2 aromatic carbocycles. The van der Waals surface area contributed by atoms with Gasteiger partial charge in [0.2, 0.25) is 11.8 Å². The summed E-state index contributed by atoms with van der Waals surface area (Å²) in [5.74, 6) is -0.799. The van der Waals surface area contributed by atoms with Gasteiger partial charge in [-0.1, -0.05) is 35.9 Å². The Labute approximate surface area is 162 Å². The lowest BCUT2D eigenvalue weighted by atomic mass is 10.1. The Morgan fingerprint density at radius 1 is 1.07 bits per heavy atom. The van der Waals surface area contributed by atoms with Crippen LogP contribution in [-0.2, 0) is 16.0 Å². The van der Waals surface area contributed by atoms with Crippen LogP contribution >= 0.6 is 11.6 Å². The fourth-order valence-electron chi connectivity index (χ4n) is 2.88. The van der Waals surface area contributed by atoms with E-state index in [0.29, 0.717) is 29.2 Å². The second-order valence-electron chi connectivity index (χ2n) is 6.33. The zero-order valence-corrected chi connectivity index (χ0v) is 15.4. The molecule has 0 aliphatic carbocycles. The first-order valence-electron chi connectivity index (χ1n) is 8.75. The lowest BCUT2D eigenvalue weighted by molar-refractivity contribution is -0.121. The number of carbonyl (C=O) groups is 3. The molecule has 6 nitrogen and oxygen atoms in total. The molecule has 0 saturated carbocycles. The van der Waals surface area contributed by atoms with E-state index in [1.165, 1.54) is 0 Å². The molecule has 1 heterocycles. The van der Waals surface area contributed by atoms with Crippen molar-refractivity contribution < 1.29 is 14.4 Å². The minimum absolute atomic E-state index is 0.148. The molecule has 3 rings (SSSR count). The van der Waals surface area contributed by atoms with E-state index in [2.05, 4.69) is 16.0 Å². The van der Waals surface area contributed by atoms with Crippen molar-refractivity contribution in [3.63, 3.8) is 0 Å². The fraction of sp³-hybridized carbons (Fsp3) is 0.250. The minimum atomic E-state index is -0.744. The van der Waals surface area contributed by atoms with Gasteiger partial charge >= 0.3 is 0 Å². The highest BCUT2D eigenvalue weighted by molar-refractivity contribution is 6.30. The Bertz CT molecular complexity index is 852. The van der Waals surface area contributed by atoms with Crippen molar-refractivity contribution in [3.05, 3.63) is 64.7 Å². The molecule has 7 heteroatoms. The molecule has 1 aliphatic rings. The van der Waals surface area contributed by atoms with Crippen LogP contribution < -0.4 is 16.0 Å². The molecule has 3 amide bonds. The first-order chi connectivity index (χ1) is 13.0. The van der Waals surface area contributed by atoms with Crippen molar-refractivity contribution in [2.45, 2.75) is 25.3 Å². The predicted octanol–water partition coefficient (Wildman–Crippen LogP) is 2.53. The van der Waals surface area contributed by atoms with Gasteiger partial charge in [-0.3, -0.25) is 14.4 Å². The average Bonchev–Trinajstić information content (AvgIpc) is 2.78. The summed E-state index contributed by atoms with van der Waals surface area (Å²) >= 11 is 5.84. The second-order valence-corrected chi connectivity index (χ2v) is 6.76. The first kappa shape index (κ1) is 18.9. The SMILES string of the molecule is O=C(CCC1NC(=O)c2ccccc2NC1=O)NCCc1ccc(Cl)cc1. The molecule has 0 fully saturated rings. The number of benzene rings is 2. The van der Waals surface area contributed by atoms with E-state index in [4.69, 9.17) is 11.6 Å². The molecule has 0 spiro atoms. The van der Waals surface area contributed by atoms with Crippen molar-refractivity contribution >= 4 is 35.0 Å². The lowest BCUT2D eigenvalue weighted by Crippen LogP contribution is -2.42. The number of anilines is 1. The molecule has 140 valence electrons. The van der Waals surface area contributed by atoms with Crippen LogP contribution in [0.4, 0.5) is 5.69 Å². The summed E-state index contributed by atoms with van der Waals surface area (Å²) in [5.41, 5.74) is 1.98. The van der Waals surface area contributed by atoms with Gasteiger partial charge < -0.3 is 16.0 Å². The lowest BCUT2D eigenvalue weighted by Gasteiger charge is -2.14. The minimum Gasteiger partial charge on any atom is -0.356 e. The third kappa shape index (κ3) is 5.08. The normalized spacial score (nSPS) is 16.0. The summed E-state index contributed by atoms with van der Waals surface area (Å²) in [6.07, 6.45) is 1.08. The molecule has 1 aliphatic heterocycles. The van der Waals surface area contributed by atoms with E-state index in [0.717, 1.165) is 5.56 Å². The van der Waals surface area contributed by atoms with Crippen LogP contribution in [0.5, 0.6) is 0 Å². The van der Waals surface area contributed by atoms with Gasteiger partial charge in [-0.2, -0.15) is 0 Å². The predicted molar refractivity (Wildman–Crippen MR) is 104 cm³/mol. The van der Waals surface area contributed by atoms with E-state index >= 15 is 0 Å². The highest BCUT2D eigenvalue weighted by Crippen LogP contribution is 2.19. The Morgan fingerprint density at radius 3 is 2.59 bits per heavy atom. The number of fused-ring (bicyclic) bond motifs is 1. The molecule has 0 bridgehead atoms. The summed E-state index contributed by atoms with van der Waals surface area (Å²) in [5, 5.41) is 8.92. The van der Waals surface area contributed by atoms with Crippen molar-refractivity contribution in [3.8, 4) is 0 Å². The van der Waals surface area contributed by atoms with Gasteiger partial charge in [-0.25, -0.2) is 0 Å². The average molecular weight is 386 g/mol. The Hall–Kier alpha value is -2.86. The number of hydrogen-bond donors (Lipinski definition) is 3. The van der Waals surface area contributed by atoms with Gasteiger partial charge in [0.1, 0.15) is 6.04 Å². The van der Waals surface area contributed by atoms with Gasteiger partial charge in [0, 0.05) is 18.0 Å². The van der Waals surface area contributed by atoms with Crippen LogP contribution in [0.1, 0.15) is 28.8 Å². The third-order valence-electron chi connectivity index (χ3n) is 4.36. The van der Waals surface area contributed by atoms with Crippen LogP contribution in [0.25, 0.3) is 0 Å². The van der Waals surface area contributed by atoms with Gasteiger partial charge in [-0.05, 0) is 42.7 Å². The standard InChI is InChI=1S/C20H20ClN3O3/c21-14-7-5-13(6-8-14)11-12-22-18(25)10-9-17-20(27)23-16-4-2-1-3-15(16)19(26)24-17/h1-8,17H,9-12H2,(H,22,25)(H,23,27)(H,24,26). The summed E-state index contributed by atoms with van der Waals surface area (Å²) in [4.78, 5) is 36.6. The Morgan fingerprint density at radius 2 is 1.81 bits per heavy atom. The summed E-state index contributed by atoms with van der Waals surface area (Å²) in [7, 11) is 0. The Balaban J connectivity index is 1.46. The molecular formula is C20H20ClN3O3. The molecule has 3 N–H and O–H groups in total. The van der Waals surface area contributed by atoms with Crippen LogP contribution in [0.15, 0.2) is 48.5 Å². The first-order valence-corrected chi connectivity index (χ1v) is 9.12. The van der Waals surface area contributed by atoms with Crippen molar-refractivity contribution in [2.75, 3.05) is 11.9 Å². The van der Waals surface area contributed by atoms with E-state index in [1.807, 2.05) is 24.3 Å². The van der Waals surface area contributed by atoms with Gasteiger partial charge in [0.05, 0.1) is 11.3 Å². The molecule has 1 unspecified atom stereocenters. The van der Waals surface area contributed by atoms with E-state index < -0.39 is 6.04 Å². The number of halogens is 1. The maximum absolute atomic E-state index is 12.3. The van der Waals surface area contributed by atoms with E-state index in [9.17, 15) is 14.4 Å². The second kappa shape index (κ2) is 8.68. The van der Waals surface area contributed by atoms with Crippen molar-refractivity contribution in [1.82, 2.24) is 10.6 Å². The zero-order chi connectivity index (χ0) is 19.2. The zero-order valence-electron chi connectivity index (χ0n) is 14.6. The Kier molecular flexibility index (Phi) is 6.08. The van der Waals surface area contributed by atoms with Gasteiger partial charge in [0.25, 0.3) is 5.91 Å². The van der Waals surface area contributed by atoms with Crippen LogP contribution in [0.2, 0.25) is 5.02 Å². The van der Waals surface area contributed by atoms with Crippen LogP contribution in [-0.4, -0.2) is 30.3 Å². The quantitative estimate of drug-likeness (QED) is 0.714. The largest absolute Gasteiger partial charge is 0.356 e. The molecular weight excluding hydrogens is 366 g/mol. The number of carbonyl (C=O) groups excluding carboxylic acids is 3. The molecule has 27 heavy (non-hydrogen) atoms. The molecule has 0 radical (unpaired) electrons. The number of amides is 3. The molecule has 0 saturated heterocycles. The highest BCUT2D eigenvalue weighted by Gasteiger charge is 2.27. The number of rotatable bonds is 6. The van der Waals surface area contributed by atoms with Gasteiger partial charge in [0.15, 0.2) is 0 Å². The van der Waals surface area contributed by atoms with Crippen molar-refractivity contribution in [1.29, 1.82) is 0 Å². The van der Waals surface area contributed by atoms with E-state index in [-0.39, 0.29) is 30.6 Å². The smallest absolute Gasteiger partial charge is 0.254 e. The summed E-state index contributed by atoms with van der Waals surface area (Å²) in [6, 6.07) is 13.5. The maximum Gasteiger partial charge on any atom is 0.254 e. The summed E-state index contributed by atoms with van der Waals surface area (Å²) in [6.45, 7) is 0.495. The van der Waals surface area contributed by atoms with E-state index in [1.54, 1.807) is 24.3 Å². The summed E-state index contributed by atoms with van der Waals surface area (Å²) < 4.78 is 0. The monoisotopic (exact) mass is 385 g/mol. The van der Waals surface area contributed by atoms with Crippen molar-refractivity contribution in [2.24, 2.45) is 0 Å².